The van der Waals surface area contributed by atoms with Crippen molar-refractivity contribution in [3.63, 3.8) is 0 Å². The van der Waals surface area contributed by atoms with Crippen molar-refractivity contribution in [2.75, 3.05) is 7.05 Å². The maximum atomic E-state index is 13.3. The highest BCUT2D eigenvalue weighted by molar-refractivity contribution is 5.84. The third-order valence-corrected chi connectivity index (χ3v) is 5.45. The highest BCUT2D eigenvalue weighted by atomic mass is 16.2. The number of aromatic nitrogens is 2. The summed E-state index contributed by atoms with van der Waals surface area (Å²) in [6.07, 6.45) is 6.87. The van der Waals surface area contributed by atoms with E-state index in [1.807, 2.05) is 41.8 Å². The van der Waals surface area contributed by atoms with Gasteiger partial charge in [-0.2, -0.15) is 5.10 Å². The molecule has 0 N–H and O–H groups in total. The standard InChI is InChI=1S/C21H29N3O/c1-4-24-15-19(16(2)22-24)14-23(3)21(25)20(18-12-8-9-13-18)17-10-6-5-7-11-17/h5-7,10-11,15,18,20H,4,8-9,12-14H2,1-3H3. The molecule has 1 aliphatic carbocycles. The lowest BCUT2D eigenvalue weighted by Gasteiger charge is -2.28. The number of likely N-dealkylation sites (N-methyl/N-ethyl adjacent to an activating group) is 1. The molecule has 0 saturated heterocycles. The summed E-state index contributed by atoms with van der Waals surface area (Å²) >= 11 is 0. The van der Waals surface area contributed by atoms with E-state index >= 15 is 0 Å². The SMILES string of the molecule is CCn1cc(CN(C)C(=O)C(c2ccccc2)C2CCCC2)c(C)n1. The molecule has 1 fully saturated rings. The molecule has 0 aliphatic heterocycles. The maximum absolute atomic E-state index is 13.3. The number of rotatable bonds is 6. The van der Waals surface area contributed by atoms with Crippen molar-refractivity contribution in [1.82, 2.24) is 14.7 Å². The van der Waals surface area contributed by atoms with Crippen molar-refractivity contribution in [1.29, 1.82) is 0 Å². The Labute approximate surface area is 150 Å². The molecule has 1 heterocycles. The molecule has 1 amide bonds. The fraction of sp³-hybridized carbons (Fsp3) is 0.524. The van der Waals surface area contributed by atoms with Crippen LogP contribution in [-0.2, 0) is 17.9 Å². The van der Waals surface area contributed by atoms with Crippen molar-refractivity contribution < 1.29 is 4.79 Å². The molecule has 1 unspecified atom stereocenters. The minimum Gasteiger partial charge on any atom is -0.341 e. The lowest BCUT2D eigenvalue weighted by Crippen LogP contribution is -2.34. The minimum absolute atomic E-state index is 0.0183. The normalized spacial score (nSPS) is 16.1. The van der Waals surface area contributed by atoms with Gasteiger partial charge >= 0.3 is 0 Å². The second kappa shape index (κ2) is 7.85. The van der Waals surface area contributed by atoms with Crippen LogP contribution in [0.15, 0.2) is 36.5 Å². The van der Waals surface area contributed by atoms with E-state index in [9.17, 15) is 4.79 Å². The second-order valence-electron chi connectivity index (χ2n) is 7.22. The molecule has 1 aliphatic rings. The fourth-order valence-electron chi connectivity index (χ4n) is 4.01. The predicted octanol–water partition coefficient (Wildman–Crippen LogP) is 4.14. The van der Waals surface area contributed by atoms with Crippen LogP contribution in [0.3, 0.4) is 0 Å². The zero-order valence-electron chi connectivity index (χ0n) is 15.6. The van der Waals surface area contributed by atoms with Gasteiger partial charge in [0.25, 0.3) is 0 Å². The van der Waals surface area contributed by atoms with E-state index in [-0.39, 0.29) is 11.8 Å². The first kappa shape index (κ1) is 17.7. The van der Waals surface area contributed by atoms with Gasteiger partial charge in [-0.15, -0.1) is 0 Å². The number of nitrogens with zero attached hydrogens (tertiary/aromatic N) is 3. The average Bonchev–Trinajstić information content (AvgIpc) is 3.26. The van der Waals surface area contributed by atoms with Crippen LogP contribution in [0.4, 0.5) is 0 Å². The molecule has 1 atom stereocenters. The molecule has 25 heavy (non-hydrogen) atoms. The zero-order valence-corrected chi connectivity index (χ0v) is 15.6. The molecule has 3 rings (SSSR count). The molecule has 0 bridgehead atoms. The van der Waals surface area contributed by atoms with Gasteiger partial charge in [-0.05, 0) is 38.2 Å². The molecule has 2 aromatic rings. The number of hydrogen-bond acceptors (Lipinski definition) is 2. The fourth-order valence-corrected chi connectivity index (χ4v) is 4.01. The molecule has 4 nitrogen and oxygen atoms in total. The van der Waals surface area contributed by atoms with Crippen LogP contribution in [0.5, 0.6) is 0 Å². The molecule has 1 aromatic carbocycles. The first-order chi connectivity index (χ1) is 12.1. The Morgan fingerprint density at radius 1 is 1.28 bits per heavy atom. The number of aryl methyl sites for hydroxylation is 2. The van der Waals surface area contributed by atoms with Crippen molar-refractivity contribution >= 4 is 5.91 Å². The Balaban J connectivity index is 1.80. The summed E-state index contributed by atoms with van der Waals surface area (Å²) in [5, 5.41) is 4.50. The number of benzene rings is 1. The first-order valence-electron chi connectivity index (χ1n) is 9.43. The van der Waals surface area contributed by atoms with E-state index < -0.39 is 0 Å². The lowest BCUT2D eigenvalue weighted by atomic mass is 9.83. The molecular weight excluding hydrogens is 310 g/mol. The first-order valence-corrected chi connectivity index (χ1v) is 9.43. The summed E-state index contributed by atoms with van der Waals surface area (Å²) in [6, 6.07) is 10.3. The van der Waals surface area contributed by atoms with Crippen molar-refractivity contribution in [2.45, 2.75) is 58.5 Å². The number of carbonyl (C=O) groups is 1. The topological polar surface area (TPSA) is 38.1 Å². The van der Waals surface area contributed by atoms with Gasteiger partial charge in [0.2, 0.25) is 5.91 Å². The van der Waals surface area contributed by atoms with Gasteiger partial charge < -0.3 is 4.90 Å². The third-order valence-electron chi connectivity index (χ3n) is 5.45. The second-order valence-corrected chi connectivity index (χ2v) is 7.22. The van der Waals surface area contributed by atoms with Crippen LogP contribution < -0.4 is 0 Å². The Bertz CT molecular complexity index is 701. The highest BCUT2D eigenvalue weighted by Crippen LogP contribution is 2.38. The molecule has 0 radical (unpaired) electrons. The van der Waals surface area contributed by atoms with Crippen LogP contribution in [0, 0.1) is 12.8 Å². The highest BCUT2D eigenvalue weighted by Gasteiger charge is 2.33. The maximum Gasteiger partial charge on any atom is 0.230 e. The van der Waals surface area contributed by atoms with Gasteiger partial charge in [0.15, 0.2) is 0 Å². The molecule has 4 heteroatoms. The Morgan fingerprint density at radius 2 is 1.96 bits per heavy atom. The van der Waals surface area contributed by atoms with Crippen LogP contribution in [0.1, 0.15) is 55.3 Å². The van der Waals surface area contributed by atoms with E-state index in [2.05, 4.69) is 30.4 Å². The summed E-state index contributed by atoms with van der Waals surface area (Å²) in [5.74, 6) is 0.689. The molecule has 0 spiro atoms. The minimum atomic E-state index is -0.0183. The summed E-state index contributed by atoms with van der Waals surface area (Å²) < 4.78 is 1.94. The van der Waals surface area contributed by atoms with Gasteiger partial charge in [0.05, 0.1) is 11.6 Å². The monoisotopic (exact) mass is 339 g/mol. The van der Waals surface area contributed by atoms with Gasteiger partial charge in [0, 0.05) is 31.9 Å². The summed E-state index contributed by atoms with van der Waals surface area (Å²) in [5.41, 5.74) is 3.31. The zero-order chi connectivity index (χ0) is 17.8. The van der Waals surface area contributed by atoms with Crippen molar-refractivity contribution in [2.24, 2.45) is 5.92 Å². The molecule has 1 aromatic heterocycles. The van der Waals surface area contributed by atoms with E-state index in [1.165, 1.54) is 12.8 Å². The van der Waals surface area contributed by atoms with Crippen LogP contribution in [0.25, 0.3) is 0 Å². The van der Waals surface area contributed by atoms with Crippen molar-refractivity contribution in [3.05, 3.63) is 53.3 Å². The van der Waals surface area contributed by atoms with E-state index in [0.29, 0.717) is 12.5 Å². The van der Waals surface area contributed by atoms with Crippen LogP contribution >= 0.6 is 0 Å². The summed E-state index contributed by atoms with van der Waals surface area (Å²) in [7, 11) is 1.93. The van der Waals surface area contributed by atoms with E-state index in [4.69, 9.17) is 0 Å². The van der Waals surface area contributed by atoms with E-state index in [1.54, 1.807) is 0 Å². The molecular formula is C21H29N3O. The smallest absolute Gasteiger partial charge is 0.230 e. The van der Waals surface area contributed by atoms with Crippen LogP contribution in [0.2, 0.25) is 0 Å². The summed E-state index contributed by atoms with van der Waals surface area (Å²) in [4.78, 5) is 15.2. The lowest BCUT2D eigenvalue weighted by molar-refractivity contribution is -0.133. The predicted molar refractivity (Wildman–Crippen MR) is 100 cm³/mol. The Kier molecular flexibility index (Phi) is 5.57. The third kappa shape index (κ3) is 3.94. The molecule has 134 valence electrons. The Hall–Kier alpha value is -2.10. The molecule has 1 saturated carbocycles. The summed E-state index contributed by atoms with van der Waals surface area (Å²) in [6.45, 7) is 5.58. The van der Waals surface area contributed by atoms with Gasteiger partial charge in [-0.25, -0.2) is 0 Å². The van der Waals surface area contributed by atoms with Crippen LogP contribution in [-0.4, -0.2) is 27.6 Å². The number of carbonyl (C=O) groups excluding carboxylic acids is 1. The number of hydrogen-bond donors (Lipinski definition) is 0. The average molecular weight is 339 g/mol. The largest absolute Gasteiger partial charge is 0.341 e. The number of amides is 1. The van der Waals surface area contributed by atoms with Gasteiger partial charge in [-0.1, -0.05) is 43.2 Å². The van der Waals surface area contributed by atoms with E-state index in [0.717, 1.165) is 36.2 Å². The Morgan fingerprint density at radius 3 is 2.56 bits per heavy atom. The van der Waals surface area contributed by atoms with Gasteiger partial charge in [-0.3, -0.25) is 9.48 Å². The van der Waals surface area contributed by atoms with Gasteiger partial charge in [0.1, 0.15) is 0 Å². The van der Waals surface area contributed by atoms with Crippen molar-refractivity contribution in [3.8, 4) is 0 Å². The quantitative estimate of drug-likeness (QED) is 0.793.